The van der Waals surface area contributed by atoms with Crippen LogP contribution >= 0.6 is 0 Å². The summed E-state index contributed by atoms with van der Waals surface area (Å²) < 4.78 is 44.0. The first-order valence-electron chi connectivity index (χ1n) is 22.3. The first-order valence-corrected chi connectivity index (χ1v) is 22.3. The van der Waals surface area contributed by atoms with Gasteiger partial charge in [-0.1, -0.05) is 76.8 Å². The molecule has 0 amide bonds. The molecule has 1 aliphatic rings. The van der Waals surface area contributed by atoms with Crippen LogP contribution in [0, 0.1) is 17.3 Å². The van der Waals surface area contributed by atoms with Crippen molar-refractivity contribution in [2.24, 2.45) is 17.3 Å². The van der Waals surface area contributed by atoms with Crippen molar-refractivity contribution in [3.05, 3.63) is 72.3 Å². The smallest absolute Gasteiger partial charge is 0.333 e. The largest absolute Gasteiger partial charge is 0.493 e. The highest BCUT2D eigenvalue weighted by molar-refractivity contribution is 5.87. The minimum absolute atomic E-state index is 0.0974. The third-order valence-electron chi connectivity index (χ3n) is 11.1. The van der Waals surface area contributed by atoms with Gasteiger partial charge in [0.2, 0.25) is 0 Å². The number of ether oxygens (including phenoxy) is 8. The van der Waals surface area contributed by atoms with Gasteiger partial charge in [-0.25, -0.2) is 9.59 Å². The topological polar surface area (TPSA) is 176 Å². The molecule has 0 unspecified atom stereocenters. The Labute approximate surface area is 378 Å². The molecule has 2 aromatic carbocycles. The van der Waals surface area contributed by atoms with Crippen LogP contribution in [0.3, 0.4) is 0 Å². The molecule has 0 heterocycles. The molecule has 14 nitrogen and oxygen atoms in total. The summed E-state index contributed by atoms with van der Waals surface area (Å²) >= 11 is 0. The maximum atomic E-state index is 12.8. The maximum absolute atomic E-state index is 12.8. The van der Waals surface area contributed by atoms with E-state index in [1.165, 1.54) is 72.5 Å². The highest BCUT2D eigenvalue weighted by Crippen LogP contribution is 2.34. The third kappa shape index (κ3) is 19.4. The SMILES string of the molecule is C=C(C)C(=O)OCCCc1cc(-c2ccc(OCC3CCC(CCCCC)CC3)cc2)ccc1OCC(COC(=O)CCC(=O)OC)(COC(=O)CCC(=O)OC)COC(=O)C(=C)C. The van der Waals surface area contributed by atoms with Gasteiger partial charge in [0.15, 0.2) is 0 Å². The number of rotatable bonds is 29. The van der Waals surface area contributed by atoms with E-state index in [1.54, 1.807) is 13.0 Å². The van der Waals surface area contributed by atoms with Crippen LogP contribution in [-0.4, -0.2) is 89.7 Å². The Kier molecular flexibility index (Phi) is 23.2. The average Bonchev–Trinajstić information content (AvgIpc) is 3.30. The number of carbonyl (C=O) groups excluding carboxylic acids is 6. The lowest BCUT2D eigenvalue weighted by Crippen LogP contribution is -2.44. The number of methoxy groups -OCH3 is 2. The van der Waals surface area contributed by atoms with E-state index in [2.05, 4.69) is 29.6 Å². The Balaban J connectivity index is 1.87. The molecule has 1 aliphatic carbocycles. The molecule has 14 heteroatoms. The summed E-state index contributed by atoms with van der Waals surface area (Å²) in [5.74, 6) is -1.38. The Hall–Kier alpha value is -5.66. The van der Waals surface area contributed by atoms with Gasteiger partial charge in [-0.2, -0.15) is 0 Å². The molecule has 1 fully saturated rings. The van der Waals surface area contributed by atoms with E-state index in [-0.39, 0.29) is 50.0 Å². The third-order valence-corrected chi connectivity index (χ3v) is 11.1. The molecule has 64 heavy (non-hydrogen) atoms. The lowest BCUT2D eigenvalue weighted by molar-refractivity contribution is -0.165. The maximum Gasteiger partial charge on any atom is 0.333 e. The predicted octanol–water partition coefficient (Wildman–Crippen LogP) is 8.65. The van der Waals surface area contributed by atoms with Gasteiger partial charge in [0.1, 0.15) is 43.3 Å². The van der Waals surface area contributed by atoms with E-state index in [1.807, 2.05) is 36.4 Å². The van der Waals surface area contributed by atoms with Crippen LogP contribution in [0.4, 0.5) is 0 Å². The van der Waals surface area contributed by atoms with Gasteiger partial charge < -0.3 is 37.9 Å². The van der Waals surface area contributed by atoms with Crippen LogP contribution in [-0.2, 0) is 63.6 Å². The fourth-order valence-corrected chi connectivity index (χ4v) is 7.02. The molecule has 0 N–H and O–H groups in total. The minimum atomic E-state index is -1.48. The van der Waals surface area contributed by atoms with Crippen LogP contribution in [0.1, 0.15) is 110 Å². The van der Waals surface area contributed by atoms with Crippen LogP contribution in [0.2, 0.25) is 0 Å². The Bertz CT molecular complexity index is 1820. The van der Waals surface area contributed by atoms with Crippen molar-refractivity contribution in [1.29, 1.82) is 0 Å². The minimum Gasteiger partial charge on any atom is -0.493 e. The highest BCUT2D eigenvalue weighted by atomic mass is 16.6. The highest BCUT2D eigenvalue weighted by Gasteiger charge is 2.38. The number of benzene rings is 2. The van der Waals surface area contributed by atoms with Crippen LogP contribution in [0.5, 0.6) is 11.5 Å². The zero-order chi connectivity index (χ0) is 46.9. The Morgan fingerprint density at radius 3 is 1.70 bits per heavy atom. The summed E-state index contributed by atoms with van der Waals surface area (Å²) in [6.07, 6.45) is 9.95. The summed E-state index contributed by atoms with van der Waals surface area (Å²) in [6, 6.07) is 13.6. The van der Waals surface area contributed by atoms with E-state index in [4.69, 9.17) is 28.4 Å². The predicted molar refractivity (Wildman–Crippen MR) is 239 cm³/mol. The number of hydrogen-bond acceptors (Lipinski definition) is 14. The van der Waals surface area contributed by atoms with E-state index in [0.29, 0.717) is 31.1 Å². The van der Waals surface area contributed by atoms with Gasteiger partial charge >= 0.3 is 35.8 Å². The van der Waals surface area contributed by atoms with Crippen molar-refractivity contribution in [3.8, 4) is 22.6 Å². The quantitative estimate of drug-likeness (QED) is 0.0328. The molecule has 0 aromatic heterocycles. The van der Waals surface area contributed by atoms with Crippen LogP contribution in [0.15, 0.2) is 66.8 Å². The van der Waals surface area contributed by atoms with Crippen molar-refractivity contribution in [3.63, 3.8) is 0 Å². The summed E-state index contributed by atoms with van der Waals surface area (Å²) in [5.41, 5.74) is 1.45. The van der Waals surface area contributed by atoms with Gasteiger partial charge in [0, 0.05) is 11.1 Å². The van der Waals surface area contributed by atoms with Gasteiger partial charge in [-0.3, -0.25) is 19.2 Å². The molecule has 0 radical (unpaired) electrons. The molecular formula is C50H68O14. The lowest BCUT2D eigenvalue weighted by Gasteiger charge is -2.32. The monoisotopic (exact) mass is 892 g/mol. The first kappa shape index (κ1) is 52.7. The number of aryl methyl sites for hydroxylation is 1. The van der Waals surface area contributed by atoms with E-state index < -0.39 is 61.1 Å². The normalized spacial score (nSPS) is 14.6. The molecule has 2 aromatic rings. The molecule has 0 aliphatic heterocycles. The molecule has 0 bridgehead atoms. The fraction of sp³-hybridized carbons (Fsp3) is 0.560. The zero-order valence-corrected chi connectivity index (χ0v) is 38.5. The van der Waals surface area contributed by atoms with Crippen molar-refractivity contribution in [2.45, 2.75) is 111 Å². The zero-order valence-electron chi connectivity index (χ0n) is 38.5. The van der Waals surface area contributed by atoms with Gasteiger partial charge in [0.25, 0.3) is 0 Å². The van der Waals surface area contributed by atoms with E-state index in [0.717, 1.165) is 28.4 Å². The standard InChI is InChI=1S/C50H68O14/c1-8-9-10-12-37-14-16-38(17-15-37)30-60-42-21-18-39(19-22-42)40-20-23-43(41(29-40)13-11-28-59-48(55)35(2)3)61-31-50(34-64-49(56)36(4)5,32-62-46(53)26-24-44(51)57-6)33-63-47(54)27-25-45(52)58-7/h18-23,29,37-38H,2,4,8-17,24-28,30-34H2,1,3,5-7H3. The lowest BCUT2D eigenvalue weighted by atomic mass is 9.80. The number of unbranched alkanes of at least 4 members (excludes halogenated alkanes) is 2. The van der Waals surface area contributed by atoms with Crippen molar-refractivity contribution >= 4 is 35.8 Å². The average molecular weight is 893 g/mol. The second kappa shape index (κ2) is 28.2. The fourth-order valence-electron chi connectivity index (χ4n) is 7.02. The van der Waals surface area contributed by atoms with E-state index in [9.17, 15) is 28.8 Å². The van der Waals surface area contributed by atoms with Crippen LogP contribution < -0.4 is 9.47 Å². The molecule has 352 valence electrons. The molecule has 0 spiro atoms. The van der Waals surface area contributed by atoms with Gasteiger partial charge in [0.05, 0.1) is 53.1 Å². The van der Waals surface area contributed by atoms with Crippen molar-refractivity contribution in [1.82, 2.24) is 0 Å². The van der Waals surface area contributed by atoms with Crippen molar-refractivity contribution < 1.29 is 66.7 Å². The van der Waals surface area contributed by atoms with Crippen LogP contribution in [0.25, 0.3) is 11.1 Å². The molecular weight excluding hydrogens is 825 g/mol. The Morgan fingerprint density at radius 2 is 1.14 bits per heavy atom. The summed E-state index contributed by atoms with van der Waals surface area (Å²) in [6.45, 7) is 11.7. The molecule has 1 saturated carbocycles. The second-order valence-corrected chi connectivity index (χ2v) is 16.7. The van der Waals surface area contributed by atoms with Gasteiger partial charge in [-0.15, -0.1) is 0 Å². The van der Waals surface area contributed by atoms with E-state index >= 15 is 0 Å². The number of hydrogen-bond donors (Lipinski definition) is 0. The summed E-state index contributed by atoms with van der Waals surface area (Å²) in [5, 5.41) is 0. The number of carbonyl (C=O) groups is 6. The molecule has 0 saturated heterocycles. The van der Waals surface area contributed by atoms with Gasteiger partial charge in [-0.05, 0) is 92.3 Å². The number of esters is 6. The molecule has 3 rings (SSSR count). The molecule has 0 atom stereocenters. The van der Waals surface area contributed by atoms with Crippen molar-refractivity contribution in [2.75, 3.05) is 53.9 Å². The Morgan fingerprint density at radius 1 is 0.609 bits per heavy atom. The second-order valence-electron chi connectivity index (χ2n) is 16.7. The first-order chi connectivity index (χ1) is 30.7. The summed E-state index contributed by atoms with van der Waals surface area (Å²) in [4.78, 5) is 73.9. The summed E-state index contributed by atoms with van der Waals surface area (Å²) in [7, 11) is 2.39.